The predicted molar refractivity (Wildman–Crippen MR) is 88.1 cm³/mol. The van der Waals surface area contributed by atoms with Crippen LogP contribution in [0.3, 0.4) is 0 Å². The number of hydrogen-bond donors (Lipinski definition) is 2. The van der Waals surface area contributed by atoms with E-state index in [2.05, 4.69) is 0 Å². The highest BCUT2D eigenvalue weighted by molar-refractivity contribution is 6.43. The molecule has 24 heavy (non-hydrogen) atoms. The maximum absolute atomic E-state index is 12.4. The lowest BCUT2D eigenvalue weighted by Gasteiger charge is -2.27. The molecule has 0 aromatic heterocycles. The Kier molecular flexibility index (Phi) is 5.27. The Morgan fingerprint density at radius 1 is 1.46 bits per heavy atom. The lowest BCUT2D eigenvalue weighted by Crippen LogP contribution is -2.25. The second-order valence-corrected chi connectivity index (χ2v) is 5.67. The number of carbonyl (C=O) groups is 1. The molecule has 0 fully saturated rings. The number of rotatable bonds is 3. The van der Waals surface area contributed by atoms with E-state index in [0.717, 1.165) is 0 Å². The smallest absolute Gasteiger partial charge is 0.338 e. The van der Waals surface area contributed by atoms with Crippen LogP contribution in [0.5, 0.6) is 5.75 Å². The van der Waals surface area contributed by atoms with Crippen LogP contribution in [0.1, 0.15) is 25.3 Å². The van der Waals surface area contributed by atoms with Gasteiger partial charge in [-0.25, -0.2) is 4.79 Å². The van der Waals surface area contributed by atoms with Crippen LogP contribution in [0.4, 0.5) is 0 Å². The zero-order valence-corrected chi connectivity index (χ0v) is 14.4. The standard InChI is InChI=1S/C16H14Cl2N2O4/c1-3-23-16(22)11-7(2)24-15(20)9(6-19)12(11)8-4-5-10(21)14(18)13(8)17/h4-5,12,21H,3,20H2,1-2H3. The maximum Gasteiger partial charge on any atom is 0.338 e. The van der Waals surface area contributed by atoms with Crippen molar-refractivity contribution in [2.45, 2.75) is 19.8 Å². The summed E-state index contributed by atoms with van der Waals surface area (Å²) in [7, 11) is 0. The number of carbonyl (C=O) groups excluding carboxylic acids is 1. The van der Waals surface area contributed by atoms with Gasteiger partial charge in [-0.1, -0.05) is 29.3 Å². The van der Waals surface area contributed by atoms with Crippen molar-refractivity contribution in [3.63, 3.8) is 0 Å². The normalized spacial score (nSPS) is 17.4. The minimum absolute atomic E-state index is 0.00677. The summed E-state index contributed by atoms with van der Waals surface area (Å²) in [5, 5.41) is 19.0. The maximum atomic E-state index is 12.4. The number of ether oxygens (including phenoxy) is 2. The van der Waals surface area contributed by atoms with E-state index >= 15 is 0 Å². The number of aromatic hydroxyl groups is 1. The fourth-order valence-electron chi connectivity index (χ4n) is 2.44. The summed E-state index contributed by atoms with van der Waals surface area (Å²) in [5.74, 6) is -1.70. The van der Waals surface area contributed by atoms with Gasteiger partial charge in [-0.3, -0.25) is 0 Å². The number of halogens is 2. The van der Waals surface area contributed by atoms with Gasteiger partial charge in [0, 0.05) is 0 Å². The molecule has 3 N–H and O–H groups in total. The van der Waals surface area contributed by atoms with Crippen LogP contribution in [0, 0.1) is 11.3 Å². The lowest BCUT2D eigenvalue weighted by molar-refractivity contribution is -0.139. The first-order valence-electron chi connectivity index (χ1n) is 6.95. The summed E-state index contributed by atoms with van der Waals surface area (Å²) in [6, 6.07) is 4.73. The number of nitrogens with zero attached hydrogens (tertiary/aromatic N) is 1. The molecule has 0 amide bonds. The van der Waals surface area contributed by atoms with Crippen LogP contribution in [-0.4, -0.2) is 17.7 Å². The molecule has 0 saturated carbocycles. The van der Waals surface area contributed by atoms with Gasteiger partial charge < -0.3 is 20.3 Å². The van der Waals surface area contributed by atoms with Gasteiger partial charge in [0.1, 0.15) is 28.2 Å². The number of nitriles is 1. The quantitative estimate of drug-likeness (QED) is 0.792. The Morgan fingerprint density at radius 3 is 2.71 bits per heavy atom. The highest BCUT2D eigenvalue weighted by Gasteiger charge is 2.37. The van der Waals surface area contributed by atoms with Crippen molar-refractivity contribution in [2.75, 3.05) is 6.61 Å². The van der Waals surface area contributed by atoms with Crippen LogP contribution in [0.2, 0.25) is 10.0 Å². The van der Waals surface area contributed by atoms with Crippen LogP contribution in [-0.2, 0) is 14.3 Å². The molecule has 1 aliphatic rings. The largest absolute Gasteiger partial charge is 0.506 e. The predicted octanol–water partition coefficient (Wildman–Crippen LogP) is 3.34. The first-order valence-corrected chi connectivity index (χ1v) is 7.71. The Morgan fingerprint density at radius 2 is 2.12 bits per heavy atom. The summed E-state index contributed by atoms with van der Waals surface area (Å²) in [6.45, 7) is 3.34. The van der Waals surface area contributed by atoms with E-state index in [9.17, 15) is 15.2 Å². The summed E-state index contributed by atoms with van der Waals surface area (Å²) in [5.41, 5.74) is 6.23. The molecule has 8 heteroatoms. The summed E-state index contributed by atoms with van der Waals surface area (Å²) >= 11 is 12.2. The van der Waals surface area contributed by atoms with E-state index < -0.39 is 11.9 Å². The molecule has 1 aromatic carbocycles. The third kappa shape index (κ3) is 3.01. The number of benzene rings is 1. The molecular formula is C16H14Cl2N2O4. The number of allylic oxidation sites excluding steroid dienone is 2. The number of esters is 1. The number of phenolic OH excluding ortho intramolecular Hbond substituents is 1. The molecule has 1 aliphatic heterocycles. The fraction of sp³-hybridized carbons (Fsp3) is 0.250. The van der Waals surface area contributed by atoms with Gasteiger partial charge in [-0.2, -0.15) is 5.26 Å². The van der Waals surface area contributed by atoms with Crippen LogP contribution in [0.15, 0.2) is 34.9 Å². The SMILES string of the molecule is CCOC(=O)C1=C(C)OC(N)=C(C#N)C1c1ccc(O)c(Cl)c1Cl. The van der Waals surface area contributed by atoms with E-state index in [0.29, 0.717) is 5.56 Å². The third-order valence-corrected chi connectivity index (χ3v) is 4.39. The third-order valence-electron chi connectivity index (χ3n) is 3.50. The molecule has 0 spiro atoms. The average molecular weight is 369 g/mol. The highest BCUT2D eigenvalue weighted by Crippen LogP contribution is 2.45. The van der Waals surface area contributed by atoms with Crippen LogP contribution >= 0.6 is 23.2 Å². The van der Waals surface area contributed by atoms with Gasteiger partial charge in [-0.05, 0) is 25.5 Å². The van der Waals surface area contributed by atoms with Gasteiger partial charge in [0.2, 0.25) is 5.88 Å². The zero-order chi connectivity index (χ0) is 18.0. The van der Waals surface area contributed by atoms with Gasteiger partial charge in [-0.15, -0.1) is 0 Å². The second-order valence-electron chi connectivity index (χ2n) is 4.92. The minimum atomic E-state index is -0.909. The van der Waals surface area contributed by atoms with E-state index in [4.69, 9.17) is 38.4 Å². The second kappa shape index (κ2) is 7.04. The monoisotopic (exact) mass is 368 g/mol. The summed E-state index contributed by atoms with van der Waals surface area (Å²) in [4.78, 5) is 12.4. The molecule has 2 rings (SSSR count). The molecule has 1 unspecified atom stereocenters. The number of nitrogens with two attached hydrogens (primary N) is 1. The Hall–Kier alpha value is -2.36. The molecule has 0 radical (unpaired) electrons. The topological polar surface area (TPSA) is 106 Å². The molecular weight excluding hydrogens is 355 g/mol. The number of hydrogen-bond acceptors (Lipinski definition) is 6. The van der Waals surface area contributed by atoms with E-state index in [-0.39, 0.29) is 45.2 Å². The minimum Gasteiger partial charge on any atom is -0.506 e. The van der Waals surface area contributed by atoms with Crippen LogP contribution in [0.25, 0.3) is 0 Å². The highest BCUT2D eigenvalue weighted by atomic mass is 35.5. The molecule has 0 bridgehead atoms. The van der Waals surface area contributed by atoms with Gasteiger partial charge in [0.15, 0.2) is 0 Å². The van der Waals surface area contributed by atoms with Crippen molar-refractivity contribution in [2.24, 2.45) is 5.73 Å². The Bertz CT molecular complexity index is 809. The first-order chi connectivity index (χ1) is 11.3. The molecule has 0 aliphatic carbocycles. The summed E-state index contributed by atoms with van der Waals surface area (Å²) in [6.07, 6.45) is 0. The number of phenols is 1. The summed E-state index contributed by atoms with van der Waals surface area (Å²) < 4.78 is 10.4. The van der Waals surface area contributed by atoms with Crippen molar-refractivity contribution >= 4 is 29.2 Å². The van der Waals surface area contributed by atoms with E-state index in [1.807, 2.05) is 6.07 Å². The Labute approximate surface area is 148 Å². The average Bonchev–Trinajstić information content (AvgIpc) is 2.52. The molecule has 0 saturated heterocycles. The lowest BCUT2D eigenvalue weighted by atomic mass is 9.83. The van der Waals surface area contributed by atoms with E-state index in [1.54, 1.807) is 6.92 Å². The van der Waals surface area contributed by atoms with Crippen molar-refractivity contribution in [1.29, 1.82) is 5.26 Å². The van der Waals surface area contributed by atoms with E-state index in [1.165, 1.54) is 19.1 Å². The van der Waals surface area contributed by atoms with Gasteiger partial charge in [0.25, 0.3) is 0 Å². The molecule has 1 heterocycles. The molecule has 6 nitrogen and oxygen atoms in total. The Balaban J connectivity index is 2.72. The first kappa shape index (κ1) is 18.0. The van der Waals surface area contributed by atoms with Crippen molar-refractivity contribution in [1.82, 2.24) is 0 Å². The zero-order valence-electron chi connectivity index (χ0n) is 12.9. The van der Waals surface area contributed by atoms with Crippen molar-refractivity contribution < 1.29 is 19.4 Å². The van der Waals surface area contributed by atoms with Crippen LogP contribution < -0.4 is 5.73 Å². The van der Waals surface area contributed by atoms with Crippen molar-refractivity contribution in [3.8, 4) is 11.8 Å². The molecule has 1 atom stereocenters. The van der Waals surface area contributed by atoms with Gasteiger partial charge in [0.05, 0.1) is 23.1 Å². The fourth-order valence-corrected chi connectivity index (χ4v) is 2.88. The molecule has 126 valence electrons. The van der Waals surface area contributed by atoms with Crippen molar-refractivity contribution in [3.05, 3.63) is 50.5 Å². The molecule has 1 aromatic rings. The van der Waals surface area contributed by atoms with Gasteiger partial charge >= 0.3 is 5.97 Å².